The predicted octanol–water partition coefficient (Wildman–Crippen LogP) is 3.07. The standard InChI is InChI=1S/C11H13Cl2NO2/c1-14(2)9(6-10(15)16)11-7(12)4-3-5-8(11)13/h3-5,9H,6H2,1-2H3,(H,15,16). The summed E-state index contributed by atoms with van der Waals surface area (Å²) in [6.45, 7) is 0. The molecule has 0 aliphatic heterocycles. The van der Waals surface area contributed by atoms with E-state index in [-0.39, 0.29) is 12.5 Å². The Hall–Kier alpha value is -0.770. The molecule has 0 spiro atoms. The molecule has 16 heavy (non-hydrogen) atoms. The third-order valence-electron chi connectivity index (χ3n) is 2.32. The molecule has 1 rings (SSSR count). The molecule has 5 heteroatoms. The Balaban J connectivity index is 3.15. The summed E-state index contributed by atoms with van der Waals surface area (Å²) in [6.07, 6.45) is -0.0313. The lowest BCUT2D eigenvalue weighted by molar-refractivity contribution is -0.138. The van der Waals surface area contributed by atoms with Gasteiger partial charge in [0.2, 0.25) is 0 Å². The van der Waals surface area contributed by atoms with E-state index in [1.165, 1.54) is 0 Å². The molecule has 0 saturated heterocycles. The molecule has 88 valence electrons. The highest BCUT2D eigenvalue weighted by molar-refractivity contribution is 6.36. The lowest BCUT2D eigenvalue weighted by Gasteiger charge is -2.24. The van der Waals surface area contributed by atoms with Crippen LogP contribution in [0.15, 0.2) is 18.2 Å². The van der Waals surface area contributed by atoms with E-state index < -0.39 is 5.97 Å². The highest BCUT2D eigenvalue weighted by Crippen LogP contribution is 2.34. The van der Waals surface area contributed by atoms with Crippen molar-refractivity contribution in [3.8, 4) is 0 Å². The fourth-order valence-electron chi connectivity index (χ4n) is 1.54. The van der Waals surface area contributed by atoms with Gasteiger partial charge in [0, 0.05) is 21.7 Å². The molecule has 0 aromatic heterocycles. The Kier molecular flexibility index (Phi) is 4.59. The van der Waals surface area contributed by atoms with Crippen molar-refractivity contribution in [2.45, 2.75) is 12.5 Å². The van der Waals surface area contributed by atoms with E-state index in [0.717, 1.165) is 0 Å². The highest BCUT2D eigenvalue weighted by Gasteiger charge is 2.22. The normalized spacial score (nSPS) is 12.8. The number of carbonyl (C=O) groups is 1. The van der Waals surface area contributed by atoms with Gasteiger partial charge < -0.3 is 10.0 Å². The van der Waals surface area contributed by atoms with Crippen LogP contribution in [0.25, 0.3) is 0 Å². The van der Waals surface area contributed by atoms with Crippen LogP contribution in [0.1, 0.15) is 18.0 Å². The summed E-state index contributed by atoms with van der Waals surface area (Å²) < 4.78 is 0. The maximum atomic E-state index is 10.8. The minimum Gasteiger partial charge on any atom is -0.481 e. The first-order valence-electron chi connectivity index (χ1n) is 4.75. The van der Waals surface area contributed by atoms with Crippen LogP contribution >= 0.6 is 23.2 Å². The molecular weight excluding hydrogens is 249 g/mol. The van der Waals surface area contributed by atoms with Gasteiger partial charge in [-0.25, -0.2) is 0 Å². The number of aliphatic carboxylic acids is 1. The summed E-state index contributed by atoms with van der Waals surface area (Å²) in [5, 5.41) is 9.85. The Labute approximate surface area is 105 Å². The van der Waals surface area contributed by atoms with E-state index in [9.17, 15) is 4.79 Å². The first kappa shape index (κ1) is 13.3. The van der Waals surface area contributed by atoms with E-state index in [1.807, 2.05) is 0 Å². The van der Waals surface area contributed by atoms with Gasteiger partial charge in [-0.15, -0.1) is 0 Å². The molecule has 1 aromatic rings. The second kappa shape index (κ2) is 5.53. The molecule has 0 aliphatic carbocycles. The van der Waals surface area contributed by atoms with Crippen molar-refractivity contribution in [1.82, 2.24) is 4.90 Å². The minimum atomic E-state index is -0.880. The Morgan fingerprint density at radius 3 is 2.25 bits per heavy atom. The summed E-state index contributed by atoms with van der Waals surface area (Å²) in [5.74, 6) is -0.880. The summed E-state index contributed by atoms with van der Waals surface area (Å²) in [4.78, 5) is 12.6. The fourth-order valence-corrected chi connectivity index (χ4v) is 2.19. The smallest absolute Gasteiger partial charge is 0.305 e. The van der Waals surface area contributed by atoms with Crippen molar-refractivity contribution < 1.29 is 9.90 Å². The van der Waals surface area contributed by atoms with E-state index in [0.29, 0.717) is 15.6 Å². The molecule has 0 heterocycles. The van der Waals surface area contributed by atoms with E-state index in [1.54, 1.807) is 37.2 Å². The van der Waals surface area contributed by atoms with Crippen molar-refractivity contribution in [3.63, 3.8) is 0 Å². The topological polar surface area (TPSA) is 40.5 Å². The van der Waals surface area contributed by atoms with Gasteiger partial charge in [0.25, 0.3) is 0 Å². The fraction of sp³-hybridized carbons (Fsp3) is 0.364. The van der Waals surface area contributed by atoms with E-state index in [4.69, 9.17) is 28.3 Å². The van der Waals surface area contributed by atoms with Gasteiger partial charge in [0.15, 0.2) is 0 Å². The van der Waals surface area contributed by atoms with Gasteiger partial charge in [-0.05, 0) is 26.2 Å². The number of carboxylic acid groups (broad SMARTS) is 1. The van der Waals surface area contributed by atoms with Gasteiger partial charge in [-0.1, -0.05) is 29.3 Å². The van der Waals surface area contributed by atoms with Crippen molar-refractivity contribution in [1.29, 1.82) is 0 Å². The first-order valence-corrected chi connectivity index (χ1v) is 5.51. The Morgan fingerprint density at radius 1 is 1.38 bits per heavy atom. The second-order valence-corrected chi connectivity index (χ2v) is 4.53. The number of benzene rings is 1. The molecule has 0 aliphatic rings. The van der Waals surface area contributed by atoms with Gasteiger partial charge in [0.05, 0.1) is 6.42 Å². The number of halogens is 2. The largest absolute Gasteiger partial charge is 0.481 e. The van der Waals surface area contributed by atoms with Crippen LogP contribution in [0.5, 0.6) is 0 Å². The maximum absolute atomic E-state index is 10.8. The molecule has 0 saturated carbocycles. The molecule has 1 unspecified atom stereocenters. The number of carboxylic acids is 1. The average molecular weight is 262 g/mol. The lowest BCUT2D eigenvalue weighted by Crippen LogP contribution is -2.23. The first-order chi connectivity index (χ1) is 7.43. The van der Waals surface area contributed by atoms with Crippen molar-refractivity contribution >= 4 is 29.2 Å². The van der Waals surface area contributed by atoms with Crippen LogP contribution < -0.4 is 0 Å². The van der Waals surface area contributed by atoms with Crippen LogP contribution in [0.3, 0.4) is 0 Å². The predicted molar refractivity (Wildman–Crippen MR) is 65.1 cm³/mol. The zero-order chi connectivity index (χ0) is 12.3. The summed E-state index contributed by atoms with van der Waals surface area (Å²) in [7, 11) is 3.60. The summed E-state index contributed by atoms with van der Waals surface area (Å²) in [6, 6.07) is 4.84. The summed E-state index contributed by atoms with van der Waals surface area (Å²) in [5.41, 5.74) is 0.665. The zero-order valence-corrected chi connectivity index (χ0v) is 10.6. The molecule has 0 fully saturated rings. The molecule has 0 bridgehead atoms. The van der Waals surface area contributed by atoms with Gasteiger partial charge in [0.1, 0.15) is 0 Å². The average Bonchev–Trinajstić information content (AvgIpc) is 2.15. The molecule has 3 nitrogen and oxygen atoms in total. The van der Waals surface area contributed by atoms with Crippen molar-refractivity contribution in [2.24, 2.45) is 0 Å². The zero-order valence-electron chi connectivity index (χ0n) is 9.08. The quantitative estimate of drug-likeness (QED) is 0.906. The molecule has 1 aromatic carbocycles. The van der Waals surface area contributed by atoms with Crippen LogP contribution in [0.2, 0.25) is 10.0 Å². The SMILES string of the molecule is CN(C)C(CC(=O)O)c1c(Cl)cccc1Cl. The molecular formula is C11H13Cl2NO2. The van der Waals surface area contributed by atoms with E-state index >= 15 is 0 Å². The van der Waals surface area contributed by atoms with Crippen LogP contribution in [-0.2, 0) is 4.79 Å². The molecule has 1 atom stereocenters. The number of nitrogens with zero attached hydrogens (tertiary/aromatic N) is 1. The van der Waals surface area contributed by atoms with Gasteiger partial charge in [-0.2, -0.15) is 0 Å². The van der Waals surface area contributed by atoms with Crippen LogP contribution in [-0.4, -0.2) is 30.1 Å². The number of hydrogen-bond donors (Lipinski definition) is 1. The monoisotopic (exact) mass is 261 g/mol. The Morgan fingerprint density at radius 2 is 1.88 bits per heavy atom. The minimum absolute atomic E-state index is 0.0313. The third-order valence-corrected chi connectivity index (χ3v) is 2.98. The maximum Gasteiger partial charge on any atom is 0.305 e. The van der Waals surface area contributed by atoms with Crippen molar-refractivity contribution in [3.05, 3.63) is 33.8 Å². The highest BCUT2D eigenvalue weighted by atomic mass is 35.5. The van der Waals surface area contributed by atoms with Crippen molar-refractivity contribution in [2.75, 3.05) is 14.1 Å². The number of rotatable bonds is 4. The molecule has 0 amide bonds. The molecule has 0 radical (unpaired) electrons. The second-order valence-electron chi connectivity index (χ2n) is 3.71. The summed E-state index contributed by atoms with van der Waals surface area (Å²) >= 11 is 12.1. The number of hydrogen-bond acceptors (Lipinski definition) is 2. The van der Waals surface area contributed by atoms with Crippen LogP contribution in [0, 0.1) is 0 Å². The molecule has 1 N–H and O–H groups in total. The van der Waals surface area contributed by atoms with Gasteiger partial charge >= 0.3 is 5.97 Å². The van der Waals surface area contributed by atoms with Crippen LogP contribution in [0.4, 0.5) is 0 Å². The lowest BCUT2D eigenvalue weighted by atomic mass is 10.0. The van der Waals surface area contributed by atoms with E-state index in [2.05, 4.69) is 0 Å². The van der Waals surface area contributed by atoms with Gasteiger partial charge in [-0.3, -0.25) is 4.79 Å². The Bertz CT molecular complexity index is 373. The third kappa shape index (κ3) is 3.11.